The summed E-state index contributed by atoms with van der Waals surface area (Å²) in [4.78, 5) is 16.4. The minimum atomic E-state index is -3.42. The Hall–Kier alpha value is -1.27. The van der Waals surface area contributed by atoms with Crippen molar-refractivity contribution >= 4 is 38.7 Å². The summed E-state index contributed by atoms with van der Waals surface area (Å²) in [5.41, 5.74) is 1.68. The van der Waals surface area contributed by atoms with Crippen LogP contribution in [0.5, 0.6) is 0 Å². The molecule has 1 aromatic rings. The van der Waals surface area contributed by atoms with Crippen LogP contribution in [0.25, 0.3) is 0 Å². The summed E-state index contributed by atoms with van der Waals surface area (Å²) in [5, 5.41) is -0.506. The SMILES string of the molecule is C[C@@H](C(=O)N1CCN(C2CC2)c2ccc(Cl)cc21)S(C)(=O)=O. The first-order valence-corrected chi connectivity index (χ1v) is 9.68. The fourth-order valence-corrected chi connectivity index (χ4v) is 3.46. The van der Waals surface area contributed by atoms with E-state index in [0.29, 0.717) is 23.3 Å². The van der Waals surface area contributed by atoms with Crippen molar-refractivity contribution in [2.45, 2.75) is 31.1 Å². The highest BCUT2D eigenvalue weighted by molar-refractivity contribution is 7.92. The lowest BCUT2D eigenvalue weighted by Crippen LogP contribution is -2.49. The van der Waals surface area contributed by atoms with Gasteiger partial charge in [0, 0.05) is 30.4 Å². The molecule has 0 radical (unpaired) electrons. The number of anilines is 2. The molecule has 1 aliphatic heterocycles. The van der Waals surface area contributed by atoms with Gasteiger partial charge in [-0.05, 0) is 38.0 Å². The molecule has 120 valence electrons. The van der Waals surface area contributed by atoms with Crippen LogP contribution < -0.4 is 9.80 Å². The first-order chi connectivity index (χ1) is 10.3. The van der Waals surface area contributed by atoms with E-state index in [9.17, 15) is 13.2 Å². The lowest BCUT2D eigenvalue weighted by molar-refractivity contribution is -0.118. The highest BCUT2D eigenvalue weighted by Crippen LogP contribution is 2.41. The van der Waals surface area contributed by atoms with Gasteiger partial charge in [0.05, 0.1) is 11.4 Å². The highest BCUT2D eigenvalue weighted by Gasteiger charge is 2.38. The third-order valence-corrected chi connectivity index (χ3v) is 6.07. The van der Waals surface area contributed by atoms with Crippen molar-refractivity contribution in [3.05, 3.63) is 23.2 Å². The molecule has 1 aromatic carbocycles. The van der Waals surface area contributed by atoms with Crippen molar-refractivity contribution in [2.24, 2.45) is 0 Å². The number of rotatable bonds is 3. The number of carbonyl (C=O) groups is 1. The van der Waals surface area contributed by atoms with Crippen LogP contribution >= 0.6 is 11.6 Å². The van der Waals surface area contributed by atoms with Gasteiger partial charge in [-0.1, -0.05) is 11.6 Å². The predicted octanol–water partition coefficient (Wildman–Crippen LogP) is 2.09. The zero-order chi connectivity index (χ0) is 16.1. The molecule has 0 bridgehead atoms. The summed E-state index contributed by atoms with van der Waals surface area (Å²) < 4.78 is 23.4. The van der Waals surface area contributed by atoms with Gasteiger partial charge in [0.15, 0.2) is 9.84 Å². The normalized spacial score (nSPS) is 19.8. The highest BCUT2D eigenvalue weighted by atomic mass is 35.5. The van der Waals surface area contributed by atoms with Gasteiger partial charge in [0.2, 0.25) is 5.91 Å². The standard InChI is InChI=1S/C15H19ClN2O3S/c1-10(22(2,20)21)15(19)18-8-7-17(12-4-5-12)13-6-3-11(16)9-14(13)18/h3,6,9-10,12H,4-5,7-8H2,1-2H3/t10-/m0/s1. The number of hydrogen-bond donors (Lipinski definition) is 0. The molecule has 0 spiro atoms. The van der Waals surface area contributed by atoms with E-state index in [-0.39, 0.29) is 5.91 Å². The summed E-state index contributed by atoms with van der Waals surface area (Å²) in [7, 11) is -3.42. The third kappa shape index (κ3) is 2.82. The van der Waals surface area contributed by atoms with Crippen molar-refractivity contribution in [3.63, 3.8) is 0 Å². The maximum atomic E-state index is 12.6. The Morgan fingerprint density at radius 2 is 1.95 bits per heavy atom. The fourth-order valence-electron chi connectivity index (χ4n) is 2.80. The number of halogens is 1. The van der Waals surface area contributed by atoms with Crippen molar-refractivity contribution in [2.75, 3.05) is 29.1 Å². The van der Waals surface area contributed by atoms with E-state index < -0.39 is 15.1 Å². The maximum Gasteiger partial charge on any atom is 0.245 e. The number of carbonyl (C=O) groups excluding carboxylic acids is 1. The van der Waals surface area contributed by atoms with Crippen LogP contribution in [0.4, 0.5) is 11.4 Å². The van der Waals surface area contributed by atoms with E-state index >= 15 is 0 Å². The van der Waals surface area contributed by atoms with Gasteiger partial charge in [-0.15, -0.1) is 0 Å². The Balaban J connectivity index is 1.98. The van der Waals surface area contributed by atoms with E-state index in [2.05, 4.69) is 4.90 Å². The van der Waals surface area contributed by atoms with Crippen molar-refractivity contribution < 1.29 is 13.2 Å². The zero-order valence-corrected chi connectivity index (χ0v) is 14.2. The van der Waals surface area contributed by atoms with Crippen LogP contribution in [0.1, 0.15) is 19.8 Å². The second-order valence-electron chi connectivity index (χ2n) is 6.02. The Morgan fingerprint density at radius 3 is 2.55 bits per heavy atom. The number of nitrogens with zero attached hydrogens (tertiary/aromatic N) is 2. The van der Waals surface area contributed by atoms with E-state index in [4.69, 9.17) is 11.6 Å². The summed E-state index contributed by atoms with van der Waals surface area (Å²) in [5.74, 6) is -0.388. The molecule has 0 N–H and O–H groups in total. The van der Waals surface area contributed by atoms with Crippen molar-refractivity contribution in [3.8, 4) is 0 Å². The largest absolute Gasteiger partial charge is 0.365 e. The number of fused-ring (bicyclic) bond motifs is 1. The molecular weight excluding hydrogens is 324 g/mol. The van der Waals surface area contributed by atoms with E-state index in [1.165, 1.54) is 6.92 Å². The first-order valence-electron chi connectivity index (χ1n) is 7.35. The smallest absolute Gasteiger partial charge is 0.245 e. The molecule has 1 aliphatic carbocycles. The van der Waals surface area contributed by atoms with Crippen LogP contribution in [0.2, 0.25) is 5.02 Å². The molecule has 1 amide bonds. The Kier molecular flexibility index (Phi) is 3.85. The monoisotopic (exact) mass is 342 g/mol. The maximum absolute atomic E-state index is 12.6. The molecule has 0 unspecified atom stereocenters. The molecule has 1 atom stereocenters. The second-order valence-corrected chi connectivity index (χ2v) is 8.82. The molecule has 1 heterocycles. The number of amides is 1. The Morgan fingerprint density at radius 1 is 1.27 bits per heavy atom. The Bertz CT molecular complexity index is 715. The number of sulfone groups is 1. The summed E-state index contributed by atoms with van der Waals surface area (Å²) >= 11 is 6.08. The van der Waals surface area contributed by atoms with Crippen LogP contribution in [-0.4, -0.2) is 45.0 Å². The summed E-state index contributed by atoms with van der Waals surface area (Å²) in [6, 6.07) is 6.01. The van der Waals surface area contributed by atoms with Gasteiger partial charge in [-0.3, -0.25) is 4.79 Å². The molecule has 22 heavy (non-hydrogen) atoms. The third-order valence-electron chi connectivity index (χ3n) is 4.35. The van der Waals surface area contributed by atoms with Crippen molar-refractivity contribution in [1.29, 1.82) is 0 Å². The molecule has 0 aromatic heterocycles. The van der Waals surface area contributed by atoms with Crippen LogP contribution in [0.3, 0.4) is 0 Å². The van der Waals surface area contributed by atoms with Gasteiger partial charge in [0.25, 0.3) is 0 Å². The summed E-state index contributed by atoms with van der Waals surface area (Å²) in [6.07, 6.45) is 3.42. The number of benzene rings is 1. The molecule has 7 heteroatoms. The van der Waals surface area contributed by atoms with Gasteiger partial charge in [0.1, 0.15) is 5.25 Å². The van der Waals surface area contributed by atoms with Gasteiger partial charge < -0.3 is 9.80 Å². The lowest BCUT2D eigenvalue weighted by Gasteiger charge is -2.38. The minimum Gasteiger partial charge on any atom is -0.365 e. The van der Waals surface area contributed by atoms with Crippen LogP contribution in [0.15, 0.2) is 18.2 Å². The molecule has 3 rings (SSSR count). The van der Waals surface area contributed by atoms with E-state index in [0.717, 1.165) is 31.3 Å². The van der Waals surface area contributed by atoms with E-state index in [1.807, 2.05) is 12.1 Å². The molecule has 2 aliphatic rings. The van der Waals surface area contributed by atoms with Crippen molar-refractivity contribution in [1.82, 2.24) is 0 Å². The lowest BCUT2D eigenvalue weighted by atomic mass is 10.1. The molecule has 1 fully saturated rings. The molecular formula is C15H19ClN2O3S. The van der Waals surface area contributed by atoms with Gasteiger partial charge in [-0.2, -0.15) is 0 Å². The summed E-state index contributed by atoms with van der Waals surface area (Å²) in [6.45, 7) is 2.65. The minimum absolute atomic E-state index is 0.388. The molecule has 0 saturated heterocycles. The molecule has 1 saturated carbocycles. The van der Waals surface area contributed by atoms with Crippen LogP contribution in [0, 0.1) is 0 Å². The Labute approximate surface area is 135 Å². The van der Waals surface area contributed by atoms with E-state index in [1.54, 1.807) is 11.0 Å². The van der Waals surface area contributed by atoms with Crippen LogP contribution in [-0.2, 0) is 14.6 Å². The zero-order valence-electron chi connectivity index (χ0n) is 12.6. The number of hydrogen-bond acceptors (Lipinski definition) is 4. The van der Waals surface area contributed by atoms with Gasteiger partial charge >= 0.3 is 0 Å². The predicted molar refractivity (Wildman–Crippen MR) is 88.5 cm³/mol. The quantitative estimate of drug-likeness (QED) is 0.844. The van der Waals surface area contributed by atoms with Gasteiger partial charge in [-0.25, -0.2) is 8.42 Å². The fraction of sp³-hybridized carbons (Fsp3) is 0.533. The second kappa shape index (κ2) is 5.42. The first kappa shape index (κ1) is 15.6. The average Bonchev–Trinajstić information content (AvgIpc) is 3.28. The molecule has 5 nitrogen and oxygen atoms in total. The average molecular weight is 343 g/mol. The topological polar surface area (TPSA) is 57.7 Å².